The molecule has 0 saturated carbocycles. The third kappa shape index (κ3) is 5.74. The normalized spacial score (nSPS) is 11.6. The molecule has 0 bridgehead atoms. The van der Waals surface area contributed by atoms with E-state index in [1.54, 1.807) is 6.07 Å². The fourth-order valence-electron chi connectivity index (χ4n) is 2.07. The Morgan fingerprint density at radius 1 is 1.26 bits per heavy atom. The quantitative estimate of drug-likeness (QED) is 0.475. The largest absolute Gasteiger partial charge is 0.417 e. The minimum absolute atomic E-state index is 0.122. The van der Waals surface area contributed by atoms with Crippen molar-refractivity contribution in [2.45, 2.75) is 12.7 Å². The topological polar surface area (TPSA) is 64.9 Å². The van der Waals surface area contributed by atoms with Crippen LogP contribution in [0.25, 0.3) is 0 Å². The summed E-state index contributed by atoms with van der Waals surface area (Å²) in [5.41, 5.74) is -0.579. The van der Waals surface area contributed by atoms with E-state index in [0.29, 0.717) is 12.6 Å². The van der Waals surface area contributed by atoms with Gasteiger partial charge in [-0.25, -0.2) is 0 Å². The number of carbonyl (C=O) groups is 1. The van der Waals surface area contributed by atoms with Crippen LogP contribution >= 0.6 is 27.5 Å². The molecule has 9 heteroatoms. The summed E-state index contributed by atoms with van der Waals surface area (Å²) >= 11 is 8.91. The number of benzene rings is 2. The maximum absolute atomic E-state index is 12.9. The molecule has 2 rings (SSSR count). The Morgan fingerprint density at radius 2 is 1.96 bits per heavy atom. The van der Waals surface area contributed by atoms with Crippen molar-refractivity contribution < 1.29 is 18.0 Å². The lowest BCUT2D eigenvalue weighted by Gasteiger charge is -2.11. The van der Waals surface area contributed by atoms with Crippen LogP contribution in [0.5, 0.6) is 0 Å². The van der Waals surface area contributed by atoms with E-state index in [9.17, 15) is 18.0 Å². The fraction of sp³-hybridized carbons (Fsp3) is 0.111. The Bertz CT molecular complexity index is 923. The Balaban J connectivity index is 2.09. The van der Waals surface area contributed by atoms with Gasteiger partial charge in [-0.1, -0.05) is 45.7 Å². The number of hydrogen-bond donors (Lipinski definition) is 2. The first-order chi connectivity index (χ1) is 12.7. The summed E-state index contributed by atoms with van der Waals surface area (Å²) in [7, 11) is 0. The standard InChI is InChI=1S/C18H12BrClF3N3O/c19-15-4-2-1-3-11(15)9-25-10-12(8-24)17(27)26-13-5-6-16(20)14(7-13)18(21,22)23/h1-7,10,25H,9H2,(H,26,27)/b12-10-. The highest BCUT2D eigenvalue weighted by Gasteiger charge is 2.33. The summed E-state index contributed by atoms with van der Waals surface area (Å²) in [5.74, 6) is -0.840. The average Bonchev–Trinajstić information content (AvgIpc) is 2.60. The number of nitrogens with zero attached hydrogens (tertiary/aromatic N) is 1. The van der Waals surface area contributed by atoms with Crippen LogP contribution in [0.15, 0.2) is 58.7 Å². The summed E-state index contributed by atoms with van der Waals surface area (Å²) in [4.78, 5) is 12.1. The molecule has 0 aliphatic heterocycles. The predicted molar refractivity (Wildman–Crippen MR) is 99.8 cm³/mol. The number of rotatable bonds is 5. The molecule has 0 atom stereocenters. The van der Waals surface area contributed by atoms with E-state index < -0.39 is 22.7 Å². The summed E-state index contributed by atoms with van der Waals surface area (Å²) in [5, 5.41) is 13.7. The molecule has 0 aromatic heterocycles. The Hall–Kier alpha value is -2.50. The van der Waals surface area contributed by atoms with Crippen molar-refractivity contribution in [3.63, 3.8) is 0 Å². The average molecular weight is 459 g/mol. The van der Waals surface area contributed by atoms with Gasteiger partial charge in [0.25, 0.3) is 5.91 Å². The molecular weight excluding hydrogens is 447 g/mol. The van der Waals surface area contributed by atoms with Crippen molar-refractivity contribution in [3.05, 3.63) is 74.9 Å². The first kappa shape index (κ1) is 20.8. The van der Waals surface area contributed by atoms with E-state index in [1.165, 1.54) is 12.3 Å². The molecule has 2 aromatic carbocycles. The van der Waals surface area contributed by atoms with E-state index >= 15 is 0 Å². The molecule has 0 aliphatic rings. The zero-order valence-electron chi connectivity index (χ0n) is 13.6. The molecule has 0 heterocycles. The van der Waals surface area contributed by atoms with Gasteiger partial charge in [0.1, 0.15) is 11.6 Å². The van der Waals surface area contributed by atoms with E-state index in [0.717, 1.165) is 16.1 Å². The molecule has 0 radical (unpaired) electrons. The molecule has 2 N–H and O–H groups in total. The summed E-state index contributed by atoms with van der Waals surface area (Å²) in [6.45, 7) is 0.346. The highest BCUT2D eigenvalue weighted by molar-refractivity contribution is 9.10. The lowest BCUT2D eigenvalue weighted by atomic mass is 10.2. The predicted octanol–water partition coefficient (Wildman–Crippen LogP) is 5.26. The van der Waals surface area contributed by atoms with Crippen molar-refractivity contribution in [1.29, 1.82) is 5.26 Å². The molecule has 4 nitrogen and oxygen atoms in total. The molecule has 0 saturated heterocycles. The number of nitriles is 1. The van der Waals surface area contributed by atoms with Gasteiger partial charge in [0.2, 0.25) is 0 Å². The highest BCUT2D eigenvalue weighted by Crippen LogP contribution is 2.36. The summed E-state index contributed by atoms with van der Waals surface area (Å²) in [6, 6.07) is 12.0. The molecular formula is C18H12BrClF3N3O. The van der Waals surface area contributed by atoms with Gasteiger partial charge in [-0.2, -0.15) is 18.4 Å². The number of carbonyl (C=O) groups excluding carboxylic acids is 1. The van der Waals surface area contributed by atoms with E-state index in [1.807, 2.05) is 24.3 Å². The maximum Gasteiger partial charge on any atom is 0.417 e. The van der Waals surface area contributed by atoms with Gasteiger partial charge >= 0.3 is 6.18 Å². The lowest BCUT2D eigenvalue weighted by Crippen LogP contribution is -2.17. The van der Waals surface area contributed by atoms with Crippen LogP contribution in [0.3, 0.4) is 0 Å². The smallest absolute Gasteiger partial charge is 0.386 e. The zero-order chi connectivity index (χ0) is 20.0. The van der Waals surface area contributed by atoms with Gasteiger partial charge in [0.15, 0.2) is 0 Å². The number of hydrogen-bond acceptors (Lipinski definition) is 3. The first-order valence-electron chi connectivity index (χ1n) is 7.47. The van der Waals surface area contributed by atoms with Crippen LogP contribution in [-0.4, -0.2) is 5.91 Å². The number of anilines is 1. The third-order valence-corrected chi connectivity index (χ3v) is 4.49. The minimum Gasteiger partial charge on any atom is -0.386 e. The number of nitrogens with one attached hydrogen (secondary N) is 2. The van der Waals surface area contributed by atoms with Gasteiger partial charge < -0.3 is 10.6 Å². The Labute approximate surface area is 166 Å². The van der Waals surface area contributed by atoms with Crippen molar-refractivity contribution >= 4 is 39.1 Å². The van der Waals surface area contributed by atoms with Crippen molar-refractivity contribution in [3.8, 4) is 6.07 Å². The van der Waals surface area contributed by atoms with Crippen LogP contribution in [0, 0.1) is 11.3 Å². The molecule has 0 aliphatic carbocycles. The van der Waals surface area contributed by atoms with E-state index in [4.69, 9.17) is 16.9 Å². The van der Waals surface area contributed by atoms with Crippen molar-refractivity contribution in [2.75, 3.05) is 5.32 Å². The lowest BCUT2D eigenvalue weighted by molar-refractivity contribution is -0.137. The highest BCUT2D eigenvalue weighted by atomic mass is 79.9. The third-order valence-electron chi connectivity index (χ3n) is 3.39. The first-order valence-corrected chi connectivity index (χ1v) is 8.64. The Kier molecular flexibility index (Phi) is 6.88. The second-order valence-electron chi connectivity index (χ2n) is 5.29. The molecule has 0 unspecified atom stereocenters. The zero-order valence-corrected chi connectivity index (χ0v) is 15.9. The van der Waals surface area contributed by atoms with Crippen molar-refractivity contribution in [2.24, 2.45) is 0 Å². The molecule has 27 heavy (non-hydrogen) atoms. The van der Waals surface area contributed by atoms with Crippen LogP contribution in [0.2, 0.25) is 5.02 Å². The van der Waals surface area contributed by atoms with Gasteiger partial charge in [-0.15, -0.1) is 0 Å². The SMILES string of the molecule is N#C/C(=C/NCc1ccccc1Br)C(=O)Nc1ccc(Cl)c(C(F)(F)F)c1. The van der Waals surface area contributed by atoms with Crippen molar-refractivity contribution in [1.82, 2.24) is 5.32 Å². The summed E-state index contributed by atoms with van der Waals surface area (Å²) < 4.78 is 39.5. The molecule has 140 valence electrons. The van der Waals surface area contributed by atoms with Gasteiger partial charge in [0.05, 0.1) is 10.6 Å². The molecule has 1 amide bonds. The van der Waals surface area contributed by atoms with Gasteiger partial charge in [0, 0.05) is 22.9 Å². The maximum atomic E-state index is 12.9. The monoisotopic (exact) mass is 457 g/mol. The number of alkyl halides is 3. The minimum atomic E-state index is -4.66. The Morgan fingerprint density at radius 3 is 2.59 bits per heavy atom. The number of amides is 1. The van der Waals surface area contributed by atoms with Crippen LogP contribution in [0.4, 0.5) is 18.9 Å². The van der Waals surface area contributed by atoms with Gasteiger partial charge in [-0.05, 0) is 29.8 Å². The number of halogens is 5. The van der Waals surface area contributed by atoms with Crippen LogP contribution in [-0.2, 0) is 17.5 Å². The molecule has 2 aromatic rings. The second kappa shape index (κ2) is 8.93. The van der Waals surface area contributed by atoms with Gasteiger partial charge in [-0.3, -0.25) is 4.79 Å². The molecule has 0 spiro atoms. The van der Waals surface area contributed by atoms with Crippen LogP contribution in [0.1, 0.15) is 11.1 Å². The van der Waals surface area contributed by atoms with E-state index in [2.05, 4.69) is 26.6 Å². The van der Waals surface area contributed by atoms with Crippen LogP contribution < -0.4 is 10.6 Å². The molecule has 0 fully saturated rings. The summed E-state index contributed by atoms with van der Waals surface area (Å²) in [6.07, 6.45) is -3.45. The second-order valence-corrected chi connectivity index (χ2v) is 6.55. The van der Waals surface area contributed by atoms with E-state index in [-0.39, 0.29) is 11.3 Å². The fourth-order valence-corrected chi connectivity index (χ4v) is 2.72.